The molecule has 7 nitrogen and oxygen atoms in total. The lowest BCUT2D eigenvalue weighted by Crippen LogP contribution is -2.05. The summed E-state index contributed by atoms with van der Waals surface area (Å²) < 4.78 is 5.24. The lowest BCUT2D eigenvalue weighted by molar-refractivity contribution is -0.385. The minimum Gasteiger partial charge on any atom is -0.468 e. The monoisotopic (exact) mass is 272 g/mol. The van der Waals surface area contributed by atoms with E-state index in [4.69, 9.17) is 10.5 Å². The normalized spacial score (nSPS) is 10.6. The van der Waals surface area contributed by atoms with Gasteiger partial charge < -0.3 is 10.5 Å². The second-order valence-corrected chi connectivity index (χ2v) is 3.79. The van der Waals surface area contributed by atoms with E-state index in [9.17, 15) is 10.1 Å². The zero-order valence-corrected chi connectivity index (χ0v) is 10.5. The Labute approximate surface area is 114 Å². The van der Waals surface area contributed by atoms with Crippen LogP contribution in [0.1, 0.15) is 5.56 Å². The van der Waals surface area contributed by atoms with Crippen LogP contribution in [0.4, 0.5) is 11.5 Å². The standard InChI is InChI=1S/C13H12N4O3/c14-12-11(17(18)19)13(16-9-15-12)20-8-4-7-10-5-2-1-3-6-10/h1-7,9H,8H2,(H2,14,15,16)/b7-4+. The topological polar surface area (TPSA) is 104 Å². The van der Waals surface area contributed by atoms with Gasteiger partial charge >= 0.3 is 5.69 Å². The van der Waals surface area contributed by atoms with E-state index in [1.54, 1.807) is 6.08 Å². The van der Waals surface area contributed by atoms with E-state index < -0.39 is 10.6 Å². The van der Waals surface area contributed by atoms with Gasteiger partial charge in [-0.1, -0.05) is 36.4 Å². The molecule has 1 heterocycles. The molecular formula is C13H12N4O3. The molecule has 0 spiro atoms. The van der Waals surface area contributed by atoms with Crippen molar-refractivity contribution in [1.82, 2.24) is 9.97 Å². The van der Waals surface area contributed by atoms with Crippen molar-refractivity contribution >= 4 is 17.6 Å². The molecule has 0 saturated carbocycles. The SMILES string of the molecule is Nc1ncnc(OC/C=C/c2ccccc2)c1[N+](=O)[O-]. The molecule has 0 saturated heterocycles. The van der Waals surface area contributed by atoms with Crippen LogP contribution in [0.25, 0.3) is 6.08 Å². The van der Waals surface area contributed by atoms with Gasteiger partial charge in [0.2, 0.25) is 5.82 Å². The molecule has 7 heteroatoms. The van der Waals surface area contributed by atoms with E-state index in [2.05, 4.69) is 9.97 Å². The minimum absolute atomic E-state index is 0.139. The Balaban J connectivity index is 2.03. The van der Waals surface area contributed by atoms with Crippen molar-refractivity contribution in [3.63, 3.8) is 0 Å². The van der Waals surface area contributed by atoms with Gasteiger partial charge in [-0.05, 0) is 11.6 Å². The molecule has 0 radical (unpaired) electrons. The first-order chi connectivity index (χ1) is 9.68. The third-order valence-electron chi connectivity index (χ3n) is 2.43. The van der Waals surface area contributed by atoms with E-state index in [1.165, 1.54) is 0 Å². The number of rotatable bonds is 5. The number of nitrogens with two attached hydrogens (primary N) is 1. The molecule has 0 aliphatic rings. The van der Waals surface area contributed by atoms with Crippen LogP contribution in [-0.4, -0.2) is 21.5 Å². The van der Waals surface area contributed by atoms with Crippen LogP contribution < -0.4 is 10.5 Å². The third-order valence-corrected chi connectivity index (χ3v) is 2.43. The summed E-state index contributed by atoms with van der Waals surface area (Å²) in [6.45, 7) is 0.145. The molecule has 0 aliphatic carbocycles. The fourth-order valence-corrected chi connectivity index (χ4v) is 1.53. The first-order valence-corrected chi connectivity index (χ1v) is 5.77. The number of hydrogen-bond donors (Lipinski definition) is 1. The number of benzene rings is 1. The zero-order chi connectivity index (χ0) is 14.4. The second kappa shape index (κ2) is 6.28. The Morgan fingerprint density at radius 1 is 1.30 bits per heavy atom. The Morgan fingerprint density at radius 3 is 2.75 bits per heavy atom. The summed E-state index contributed by atoms with van der Waals surface area (Å²) in [5.74, 6) is -0.354. The van der Waals surface area contributed by atoms with Gasteiger partial charge in [0.1, 0.15) is 12.9 Å². The second-order valence-electron chi connectivity index (χ2n) is 3.79. The molecule has 2 N–H and O–H groups in total. The molecule has 0 aliphatic heterocycles. The van der Waals surface area contributed by atoms with Crippen LogP contribution in [0.5, 0.6) is 5.88 Å². The summed E-state index contributed by atoms with van der Waals surface area (Å²) in [7, 11) is 0. The lowest BCUT2D eigenvalue weighted by atomic mass is 10.2. The number of ether oxygens (including phenoxy) is 1. The maximum atomic E-state index is 10.8. The van der Waals surface area contributed by atoms with E-state index in [0.29, 0.717) is 0 Å². The van der Waals surface area contributed by atoms with Gasteiger partial charge in [-0.2, -0.15) is 4.98 Å². The van der Waals surface area contributed by atoms with Crippen LogP contribution in [-0.2, 0) is 0 Å². The van der Waals surface area contributed by atoms with Gasteiger partial charge in [0.05, 0.1) is 4.92 Å². The molecule has 0 bridgehead atoms. The van der Waals surface area contributed by atoms with Gasteiger partial charge in [0.15, 0.2) is 0 Å². The van der Waals surface area contributed by atoms with Crippen LogP contribution in [0.15, 0.2) is 42.7 Å². The van der Waals surface area contributed by atoms with Crippen LogP contribution in [0.3, 0.4) is 0 Å². The van der Waals surface area contributed by atoms with Gasteiger partial charge in [0, 0.05) is 0 Å². The lowest BCUT2D eigenvalue weighted by Gasteiger charge is -2.03. The summed E-state index contributed by atoms with van der Waals surface area (Å²) in [6, 6.07) is 9.61. The Hall–Kier alpha value is -2.96. The highest BCUT2D eigenvalue weighted by Crippen LogP contribution is 2.28. The van der Waals surface area contributed by atoms with E-state index in [1.807, 2.05) is 36.4 Å². The average Bonchev–Trinajstić information content (AvgIpc) is 2.44. The van der Waals surface area contributed by atoms with Crippen molar-refractivity contribution in [2.75, 3.05) is 12.3 Å². The molecule has 20 heavy (non-hydrogen) atoms. The maximum Gasteiger partial charge on any atom is 0.372 e. The highest BCUT2D eigenvalue weighted by Gasteiger charge is 2.21. The number of nitrogen functional groups attached to an aromatic ring is 1. The summed E-state index contributed by atoms with van der Waals surface area (Å²) in [6.07, 6.45) is 4.70. The predicted molar refractivity (Wildman–Crippen MR) is 74.1 cm³/mol. The highest BCUT2D eigenvalue weighted by molar-refractivity contribution is 5.58. The largest absolute Gasteiger partial charge is 0.468 e. The fraction of sp³-hybridized carbons (Fsp3) is 0.0769. The smallest absolute Gasteiger partial charge is 0.372 e. The number of nitro groups is 1. The van der Waals surface area contributed by atoms with Crippen molar-refractivity contribution < 1.29 is 9.66 Å². The maximum absolute atomic E-state index is 10.8. The summed E-state index contributed by atoms with van der Waals surface area (Å²) >= 11 is 0. The van der Waals surface area contributed by atoms with Gasteiger partial charge in [-0.3, -0.25) is 10.1 Å². The predicted octanol–water partition coefficient (Wildman–Crippen LogP) is 2.06. The molecule has 0 amide bonds. The summed E-state index contributed by atoms with van der Waals surface area (Å²) in [5, 5.41) is 10.8. The summed E-state index contributed by atoms with van der Waals surface area (Å²) in [4.78, 5) is 17.5. The van der Waals surface area contributed by atoms with Gasteiger partial charge in [0.25, 0.3) is 5.88 Å². The van der Waals surface area contributed by atoms with Crippen LogP contribution in [0, 0.1) is 10.1 Å². The third kappa shape index (κ3) is 3.29. The average molecular weight is 272 g/mol. The fourth-order valence-electron chi connectivity index (χ4n) is 1.53. The highest BCUT2D eigenvalue weighted by atomic mass is 16.6. The van der Waals surface area contributed by atoms with Crippen molar-refractivity contribution in [2.45, 2.75) is 0 Å². The van der Waals surface area contributed by atoms with Crippen molar-refractivity contribution in [2.24, 2.45) is 0 Å². The zero-order valence-electron chi connectivity index (χ0n) is 10.5. The molecule has 0 fully saturated rings. The number of anilines is 1. The number of aromatic nitrogens is 2. The molecule has 1 aromatic carbocycles. The molecule has 2 aromatic rings. The Bertz CT molecular complexity index is 629. The number of hydrogen-bond acceptors (Lipinski definition) is 6. The van der Waals surface area contributed by atoms with Gasteiger partial charge in [-0.25, -0.2) is 4.98 Å². The van der Waals surface area contributed by atoms with E-state index >= 15 is 0 Å². The summed E-state index contributed by atoms with van der Waals surface area (Å²) in [5.41, 5.74) is 6.02. The van der Waals surface area contributed by atoms with E-state index in [-0.39, 0.29) is 18.3 Å². The van der Waals surface area contributed by atoms with E-state index in [0.717, 1.165) is 11.9 Å². The quantitative estimate of drug-likeness (QED) is 0.659. The molecule has 2 rings (SSSR count). The van der Waals surface area contributed by atoms with Crippen LogP contribution >= 0.6 is 0 Å². The van der Waals surface area contributed by atoms with Crippen LogP contribution in [0.2, 0.25) is 0 Å². The molecular weight excluding hydrogens is 260 g/mol. The first kappa shape index (κ1) is 13.5. The van der Waals surface area contributed by atoms with Crippen molar-refractivity contribution in [3.05, 3.63) is 58.4 Å². The Kier molecular flexibility index (Phi) is 4.23. The van der Waals surface area contributed by atoms with Crippen molar-refractivity contribution in [3.8, 4) is 5.88 Å². The first-order valence-electron chi connectivity index (χ1n) is 5.77. The minimum atomic E-state index is -0.661. The molecule has 0 unspecified atom stereocenters. The molecule has 102 valence electrons. The number of nitrogens with zero attached hydrogens (tertiary/aromatic N) is 3. The molecule has 1 aromatic heterocycles. The molecule has 0 atom stereocenters. The Morgan fingerprint density at radius 2 is 2.05 bits per heavy atom. The van der Waals surface area contributed by atoms with Gasteiger partial charge in [-0.15, -0.1) is 0 Å². The van der Waals surface area contributed by atoms with Crippen molar-refractivity contribution in [1.29, 1.82) is 0 Å².